The van der Waals surface area contributed by atoms with Gasteiger partial charge in [0.2, 0.25) is 0 Å². The van der Waals surface area contributed by atoms with E-state index in [2.05, 4.69) is 0 Å². The van der Waals surface area contributed by atoms with E-state index in [-0.39, 0.29) is 11.0 Å². The molecule has 0 saturated carbocycles. The number of nitrogens with two attached hydrogens (primary N) is 6. The van der Waals surface area contributed by atoms with Crippen molar-refractivity contribution in [3.05, 3.63) is 0 Å². The van der Waals surface area contributed by atoms with Crippen LogP contribution < -0.4 is 34.4 Å². The summed E-state index contributed by atoms with van der Waals surface area (Å²) in [5.41, 5.74) is 36.3. The molecule has 0 aliphatic rings. The molecule has 0 aromatic rings. The standard InChI is InChI=1S/C24H56N6/c25-18-8-6-4-2-1-3-5-7-13-23(14-9-19-26,15-10-20-27)24(30,16-11-21-28)17-12-22-29/h1-22,25-30H2. The van der Waals surface area contributed by atoms with Crippen LogP contribution in [0.1, 0.15) is 109 Å². The second-order valence-corrected chi connectivity index (χ2v) is 9.37. The molecular weight excluding hydrogens is 372 g/mol. The van der Waals surface area contributed by atoms with Gasteiger partial charge in [0.1, 0.15) is 0 Å². The third kappa shape index (κ3) is 12.0. The maximum Gasteiger partial charge on any atom is 0.0212 e. The first-order chi connectivity index (χ1) is 14.6. The van der Waals surface area contributed by atoms with Crippen LogP contribution in [-0.2, 0) is 0 Å². The summed E-state index contributed by atoms with van der Waals surface area (Å²) in [6, 6.07) is 0. The van der Waals surface area contributed by atoms with Crippen molar-refractivity contribution in [2.75, 3.05) is 32.7 Å². The molecule has 0 aliphatic heterocycles. The Balaban J connectivity index is 5.04. The van der Waals surface area contributed by atoms with Crippen LogP contribution in [0, 0.1) is 5.41 Å². The first-order valence-corrected chi connectivity index (χ1v) is 12.8. The fourth-order valence-electron chi connectivity index (χ4n) is 5.16. The molecule has 0 aliphatic carbocycles. The SMILES string of the molecule is NCCCCCCCCCCC(CCCN)(CCCN)C(N)(CCCN)CCCN. The van der Waals surface area contributed by atoms with Gasteiger partial charge >= 0.3 is 0 Å². The predicted octanol–water partition coefficient (Wildman–Crippen LogP) is 3.10. The van der Waals surface area contributed by atoms with Crippen molar-refractivity contribution in [3.8, 4) is 0 Å². The highest BCUT2D eigenvalue weighted by molar-refractivity contribution is 5.02. The second-order valence-electron chi connectivity index (χ2n) is 9.37. The topological polar surface area (TPSA) is 156 Å². The zero-order valence-electron chi connectivity index (χ0n) is 20.0. The molecule has 0 unspecified atom stereocenters. The highest BCUT2D eigenvalue weighted by Gasteiger charge is 2.45. The number of unbranched alkanes of at least 4 members (excludes halogenated alkanes) is 7. The maximum atomic E-state index is 7.24. The Hall–Kier alpha value is -0.240. The van der Waals surface area contributed by atoms with Gasteiger partial charge in [0, 0.05) is 5.54 Å². The largest absolute Gasteiger partial charge is 0.330 e. The Morgan fingerprint density at radius 3 is 1.03 bits per heavy atom. The molecule has 6 nitrogen and oxygen atoms in total. The maximum absolute atomic E-state index is 7.24. The second kappa shape index (κ2) is 19.4. The van der Waals surface area contributed by atoms with Crippen molar-refractivity contribution in [1.82, 2.24) is 0 Å². The normalized spacial score (nSPS) is 12.6. The van der Waals surface area contributed by atoms with E-state index >= 15 is 0 Å². The van der Waals surface area contributed by atoms with Crippen LogP contribution in [0.15, 0.2) is 0 Å². The van der Waals surface area contributed by atoms with Crippen LogP contribution in [0.2, 0.25) is 0 Å². The third-order valence-corrected chi connectivity index (χ3v) is 7.04. The van der Waals surface area contributed by atoms with Crippen LogP contribution in [0.4, 0.5) is 0 Å². The molecule has 0 atom stereocenters. The quantitative estimate of drug-likeness (QED) is 0.137. The van der Waals surface area contributed by atoms with Crippen molar-refractivity contribution in [1.29, 1.82) is 0 Å². The van der Waals surface area contributed by atoms with Gasteiger partial charge in [-0.15, -0.1) is 0 Å². The van der Waals surface area contributed by atoms with Crippen LogP contribution >= 0.6 is 0 Å². The Kier molecular flexibility index (Phi) is 19.3. The van der Waals surface area contributed by atoms with Gasteiger partial charge in [-0.05, 0) is 102 Å². The smallest absolute Gasteiger partial charge is 0.0212 e. The van der Waals surface area contributed by atoms with Crippen LogP contribution in [0.25, 0.3) is 0 Å². The Bertz CT molecular complexity index is 348. The van der Waals surface area contributed by atoms with Crippen molar-refractivity contribution < 1.29 is 0 Å². The molecule has 0 bridgehead atoms. The fourth-order valence-corrected chi connectivity index (χ4v) is 5.16. The predicted molar refractivity (Wildman–Crippen MR) is 133 cm³/mol. The number of rotatable bonds is 23. The molecule has 182 valence electrons. The van der Waals surface area contributed by atoms with Gasteiger partial charge in [-0.2, -0.15) is 0 Å². The zero-order chi connectivity index (χ0) is 22.6. The van der Waals surface area contributed by atoms with Gasteiger partial charge in [0.25, 0.3) is 0 Å². The Labute approximate surface area is 187 Å². The molecule has 6 heteroatoms. The molecule has 0 rings (SSSR count). The zero-order valence-corrected chi connectivity index (χ0v) is 20.0. The van der Waals surface area contributed by atoms with Crippen LogP contribution in [-0.4, -0.2) is 38.3 Å². The van der Waals surface area contributed by atoms with E-state index in [4.69, 9.17) is 34.4 Å². The lowest BCUT2D eigenvalue weighted by molar-refractivity contribution is 0.0558. The molecule has 0 fully saturated rings. The third-order valence-electron chi connectivity index (χ3n) is 7.04. The lowest BCUT2D eigenvalue weighted by Crippen LogP contribution is -2.56. The minimum absolute atomic E-state index is 0.0945. The Morgan fingerprint density at radius 1 is 0.333 bits per heavy atom. The van der Waals surface area contributed by atoms with E-state index in [0.29, 0.717) is 13.1 Å². The summed E-state index contributed by atoms with van der Waals surface area (Å²) in [6.07, 6.45) is 19.5. The molecule has 0 aromatic carbocycles. The first kappa shape index (κ1) is 29.8. The van der Waals surface area contributed by atoms with E-state index in [1.54, 1.807) is 0 Å². The summed E-state index contributed by atoms with van der Waals surface area (Å²) in [5.74, 6) is 0. The molecule has 0 aromatic heterocycles. The highest BCUT2D eigenvalue weighted by Crippen LogP contribution is 2.48. The van der Waals surface area contributed by atoms with E-state index in [0.717, 1.165) is 77.4 Å². The monoisotopic (exact) mass is 428 g/mol. The summed E-state index contributed by atoms with van der Waals surface area (Å²) < 4.78 is 0. The number of hydrogen-bond donors (Lipinski definition) is 6. The van der Waals surface area contributed by atoms with Gasteiger partial charge in [-0.3, -0.25) is 0 Å². The average molecular weight is 429 g/mol. The van der Waals surface area contributed by atoms with Crippen LogP contribution in [0.5, 0.6) is 0 Å². The van der Waals surface area contributed by atoms with E-state index in [1.807, 2.05) is 0 Å². The van der Waals surface area contributed by atoms with Crippen molar-refractivity contribution >= 4 is 0 Å². The van der Waals surface area contributed by atoms with Gasteiger partial charge in [0.05, 0.1) is 0 Å². The molecule has 0 radical (unpaired) electrons. The highest BCUT2D eigenvalue weighted by atomic mass is 14.8. The summed E-state index contributed by atoms with van der Waals surface area (Å²) in [4.78, 5) is 0. The van der Waals surface area contributed by atoms with Gasteiger partial charge in [-0.1, -0.05) is 44.9 Å². The lowest BCUT2D eigenvalue weighted by Gasteiger charge is -2.50. The first-order valence-electron chi connectivity index (χ1n) is 12.8. The average Bonchev–Trinajstić information content (AvgIpc) is 2.76. The lowest BCUT2D eigenvalue weighted by atomic mass is 9.58. The Morgan fingerprint density at radius 2 is 0.633 bits per heavy atom. The van der Waals surface area contributed by atoms with Crippen molar-refractivity contribution in [2.24, 2.45) is 39.8 Å². The van der Waals surface area contributed by atoms with E-state index < -0.39 is 0 Å². The number of hydrogen-bond acceptors (Lipinski definition) is 6. The minimum atomic E-state index is -0.224. The van der Waals surface area contributed by atoms with Gasteiger partial charge in [-0.25, -0.2) is 0 Å². The summed E-state index contributed by atoms with van der Waals surface area (Å²) in [7, 11) is 0. The minimum Gasteiger partial charge on any atom is -0.330 e. The van der Waals surface area contributed by atoms with E-state index in [1.165, 1.54) is 51.4 Å². The van der Waals surface area contributed by atoms with Crippen molar-refractivity contribution in [3.63, 3.8) is 0 Å². The molecule has 0 saturated heterocycles. The molecule has 0 amide bonds. The molecular formula is C24H56N6. The summed E-state index contributed by atoms with van der Waals surface area (Å²) >= 11 is 0. The van der Waals surface area contributed by atoms with E-state index in [9.17, 15) is 0 Å². The molecule has 0 spiro atoms. The molecule has 0 heterocycles. The van der Waals surface area contributed by atoms with Gasteiger partial charge in [0.15, 0.2) is 0 Å². The van der Waals surface area contributed by atoms with Crippen LogP contribution in [0.3, 0.4) is 0 Å². The fraction of sp³-hybridized carbons (Fsp3) is 1.00. The molecule has 30 heavy (non-hydrogen) atoms. The van der Waals surface area contributed by atoms with Crippen molar-refractivity contribution in [2.45, 2.75) is 115 Å². The summed E-state index contributed by atoms with van der Waals surface area (Å²) in [5, 5.41) is 0. The molecule has 12 N–H and O–H groups in total. The van der Waals surface area contributed by atoms with Gasteiger partial charge < -0.3 is 34.4 Å². The summed E-state index contributed by atoms with van der Waals surface area (Å²) in [6.45, 7) is 3.64.